The molecule has 1 aromatic carbocycles. The average molecular weight is 432 g/mol. The molecule has 2 amide bonds. The van der Waals surface area contributed by atoms with Crippen molar-refractivity contribution < 1.29 is 19.1 Å². The van der Waals surface area contributed by atoms with Gasteiger partial charge in [-0.15, -0.1) is 0 Å². The standard InChI is InChI=1S/C24H37N3O4/c1-4-18-31-21-10-8-20(9-11-21)22(28)12-13-23(29)27-15-7-14-25(16-17-27)19-24(30)26(5-2)6-3/h8-11H,4-7,12-19H2,1-3H3. The van der Waals surface area contributed by atoms with Crippen LogP contribution in [0.4, 0.5) is 0 Å². The maximum atomic E-state index is 12.6. The molecule has 0 N–H and O–H groups in total. The van der Waals surface area contributed by atoms with Crippen molar-refractivity contribution in [3.63, 3.8) is 0 Å². The molecule has 1 aromatic rings. The molecule has 1 aliphatic rings. The van der Waals surface area contributed by atoms with Gasteiger partial charge in [0.25, 0.3) is 0 Å². The van der Waals surface area contributed by atoms with E-state index in [1.54, 1.807) is 24.3 Å². The van der Waals surface area contributed by atoms with Crippen LogP contribution in [0.2, 0.25) is 0 Å². The maximum absolute atomic E-state index is 12.6. The predicted molar refractivity (Wildman–Crippen MR) is 121 cm³/mol. The number of ketones is 1. The number of Topliss-reactive ketones (excluding diaryl/α,β-unsaturated/α-hetero) is 1. The largest absolute Gasteiger partial charge is 0.494 e. The Morgan fingerprint density at radius 2 is 1.65 bits per heavy atom. The summed E-state index contributed by atoms with van der Waals surface area (Å²) in [5.74, 6) is 0.870. The molecule has 0 spiro atoms. The van der Waals surface area contributed by atoms with Gasteiger partial charge in [-0.25, -0.2) is 0 Å². The third kappa shape index (κ3) is 7.98. The van der Waals surface area contributed by atoms with Crippen molar-refractivity contribution in [3.8, 4) is 5.75 Å². The van der Waals surface area contributed by atoms with Crippen molar-refractivity contribution in [2.75, 3.05) is 52.4 Å². The van der Waals surface area contributed by atoms with E-state index in [9.17, 15) is 14.4 Å². The normalized spacial score (nSPS) is 14.7. The summed E-state index contributed by atoms with van der Waals surface area (Å²) >= 11 is 0. The number of ether oxygens (including phenoxy) is 1. The van der Waals surface area contributed by atoms with Gasteiger partial charge in [0.1, 0.15) is 5.75 Å². The minimum absolute atomic E-state index is 0.00756. The lowest BCUT2D eigenvalue weighted by molar-refractivity contribution is -0.132. The zero-order valence-corrected chi connectivity index (χ0v) is 19.3. The topological polar surface area (TPSA) is 70.2 Å². The van der Waals surface area contributed by atoms with Crippen molar-refractivity contribution in [2.45, 2.75) is 46.5 Å². The summed E-state index contributed by atoms with van der Waals surface area (Å²) in [6.45, 7) is 11.3. The molecule has 1 heterocycles. The maximum Gasteiger partial charge on any atom is 0.236 e. The second-order valence-corrected chi connectivity index (χ2v) is 7.87. The first-order valence-corrected chi connectivity index (χ1v) is 11.5. The number of hydrogen-bond donors (Lipinski definition) is 0. The summed E-state index contributed by atoms with van der Waals surface area (Å²) in [7, 11) is 0. The van der Waals surface area contributed by atoms with Crippen molar-refractivity contribution in [1.29, 1.82) is 0 Å². The molecule has 7 nitrogen and oxygen atoms in total. The minimum atomic E-state index is -0.0309. The van der Waals surface area contributed by atoms with Gasteiger partial charge in [-0.2, -0.15) is 0 Å². The molecular formula is C24H37N3O4. The Balaban J connectivity index is 1.78. The Hall–Kier alpha value is -2.41. The fourth-order valence-corrected chi connectivity index (χ4v) is 3.73. The lowest BCUT2D eigenvalue weighted by Crippen LogP contribution is -2.42. The molecule has 0 aliphatic carbocycles. The molecule has 0 radical (unpaired) electrons. The third-order valence-electron chi connectivity index (χ3n) is 5.63. The van der Waals surface area contributed by atoms with Crippen LogP contribution >= 0.6 is 0 Å². The van der Waals surface area contributed by atoms with Gasteiger partial charge in [0.15, 0.2) is 5.78 Å². The Bertz CT molecular complexity index is 716. The first-order valence-electron chi connectivity index (χ1n) is 11.5. The van der Waals surface area contributed by atoms with E-state index in [1.807, 2.05) is 30.6 Å². The molecule has 0 aromatic heterocycles. The van der Waals surface area contributed by atoms with Crippen LogP contribution in [0.15, 0.2) is 24.3 Å². The van der Waals surface area contributed by atoms with Crippen LogP contribution in [0.3, 0.4) is 0 Å². The summed E-state index contributed by atoms with van der Waals surface area (Å²) in [6.07, 6.45) is 2.19. The molecule has 0 bridgehead atoms. The Labute approximate surface area is 186 Å². The summed E-state index contributed by atoms with van der Waals surface area (Å²) in [5.41, 5.74) is 0.605. The molecule has 2 rings (SSSR count). The number of rotatable bonds is 11. The average Bonchev–Trinajstić information content (AvgIpc) is 3.02. The quantitative estimate of drug-likeness (QED) is 0.504. The molecule has 7 heteroatoms. The number of nitrogens with zero attached hydrogens (tertiary/aromatic N) is 3. The zero-order chi connectivity index (χ0) is 22.6. The van der Waals surface area contributed by atoms with Crippen LogP contribution in [0.5, 0.6) is 5.75 Å². The van der Waals surface area contributed by atoms with Gasteiger partial charge >= 0.3 is 0 Å². The molecule has 31 heavy (non-hydrogen) atoms. The fraction of sp³-hybridized carbons (Fsp3) is 0.625. The number of likely N-dealkylation sites (N-methyl/N-ethyl adjacent to an activating group) is 1. The highest BCUT2D eigenvalue weighted by atomic mass is 16.5. The van der Waals surface area contributed by atoms with E-state index < -0.39 is 0 Å². The van der Waals surface area contributed by atoms with Gasteiger partial charge in [-0.1, -0.05) is 6.92 Å². The van der Waals surface area contributed by atoms with E-state index >= 15 is 0 Å². The SMILES string of the molecule is CCCOc1ccc(C(=O)CCC(=O)N2CCCN(CC(=O)N(CC)CC)CC2)cc1. The Morgan fingerprint density at radius 3 is 2.29 bits per heavy atom. The first-order chi connectivity index (χ1) is 15.0. The number of amides is 2. The highest BCUT2D eigenvalue weighted by molar-refractivity contribution is 5.98. The summed E-state index contributed by atoms with van der Waals surface area (Å²) in [6, 6.07) is 7.12. The van der Waals surface area contributed by atoms with Gasteiger partial charge in [0.2, 0.25) is 11.8 Å². The Morgan fingerprint density at radius 1 is 0.935 bits per heavy atom. The molecular weight excluding hydrogens is 394 g/mol. The zero-order valence-electron chi connectivity index (χ0n) is 19.3. The van der Waals surface area contributed by atoms with E-state index in [1.165, 1.54) is 0 Å². The number of benzene rings is 1. The van der Waals surface area contributed by atoms with Crippen LogP contribution in [-0.2, 0) is 9.59 Å². The summed E-state index contributed by atoms with van der Waals surface area (Å²) in [5, 5.41) is 0. The van der Waals surface area contributed by atoms with E-state index in [4.69, 9.17) is 4.74 Å². The van der Waals surface area contributed by atoms with Gasteiger partial charge < -0.3 is 14.5 Å². The molecule has 1 fully saturated rings. The van der Waals surface area contributed by atoms with Crippen LogP contribution < -0.4 is 4.74 Å². The second-order valence-electron chi connectivity index (χ2n) is 7.87. The van der Waals surface area contributed by atoms with Crippen molar-refractivity contribution in [3.05, 3.63) is 29.8 Å². The summed E-state index contributed by atoms with van der Waals surface area (Å²) in [4.78, 5) is 43.2. The monoisotopic (exact) mass is 431 g/mol. The third-order valence-corrected chi connectivity index (χ3v) is 5.63. The van der Waals surface area contributed by atoms with Crippen LogP contribution in [0.1, 0.15) is 56.8 Å². The van der Waals surface area contributed by atoms with E-state index in [0.29, 0.717) is 38.3 Å². The lowest BCUT2D eigenvalue weighted by Gasteiger charge is -2.25. The predicted octanol–water partition coefficient (Wildman–Crippen LogP) is 2.84. The van der Waals surface area contributed by atoms with Gasteiger partial charge in [-0.05, 0) is 51.0 Å². The van der Waals surface area contributed by atoms with Crippen molar-refractivity contribution in [1.82, 2.24) is 14.7 Å². The van der Waals surface area contributed by atoms with Gasteiger partial charge in [0.05, 0.1) is 13.2 Å². The van der Waals surface area contributed by atoms with E-state index in [2.05, 4.69) is 4.90 Å². The van der Waals surface area contributed by atoms with Crippen molar-refractivity contribution >= 4 is 17.6 Å². The molecule has 0 atom stereocenters. The van der Waals surface area contributed by atoms with Crippen LogP contribution in [0.25, 0.3) is 0 Å². The number of carbonyl (C=O) groups excluding carboxylic acids is 3. The Kier molecular flexibility index (Phi) is 10.5. The molecule has 1 aliphatic heterocycles. The highest BCUT2D eigenvalue weighted by Crippen LogP contribution is 2.15. The highest BCUT2D eigenvalue weighted by Gasteiger charge is 2.22. The van der Waals surface area contributed by atoms with E-state index in [-0.39, 0.29) is 30.4 Å². The summed E-state index contributed by atoms with van der Waals surface area (Å²) < 4.78 is 5.54. The molecule has 1 saturated heterocycles. The van der Waals surface area contributed by atoms with Crippen LogP contribution in [0, 0.1) is 0 Å². The first kappa shape index (κ1) is 24.9. The smallest absolute Gasteiger partial charge is 0.236 e. The minimum Gasteiger partial charge on any atom is -0.494 e. The number of carbonyl (C=O) groups is 3. The van der Waals surface area contributed by atoms with Crippen LogP contribution in [-0.4, -0.2) is 84.7 Å². The molecule has 172 valence electrons. The van der Waals surface area contributed by atoms with E-state index in [0.717, 1.165) is 38.2 Å². The van der Waals surface area contributed by atoms with Crippen molar-refractivity contribution in [2.24, 2.45) is 0 Å². The van der Waals surface area contributed by atoms with Gasteiger partial charge in [0, 0.05) is 57.7 Å². The second kappa shape index (κ2) is 13.1. The van der Waals surface area contributed by atoms with Gasteiger partial charge in [-0.3, -0.25) is 19.3 Å². The lowest BCUT2D eigenvalue weighted by atomic mass is 10.1. The number of hydrogen-bond acceptors (Lipinski definition) is 5. The fourth-order valence-electron chi connectivity index (χ4n) is 3.73. The molecule has 0 saturated carbocycles. The molecule has 0 unspecified atom stereocenters.